The Morgan fingerprint density at radius 3 is 2.09 bits per heavy atom. The molecule has 4 nitrogen and oxygen atoms in total. The van der Waals surface area contributed by atoms with Gasteiger partial charge in [0, 0.05) is 9.26 Å². The van der Waals surface area contributed by atoms with Crippen molar-refractivity contribution in [2.45, 2.75) is 19.6 Å². The van der Waals surface area contributed by atoms with E-state index in [-0.39, 0.29) is 0 Å². The van der Waals surface area contributed by atoms with Crippen molar-refractivity contribution in [3.8, 4) is 0 Å². The van der Waals surface area contributed by atoms with Gasteiger partial charge in [0.15, 0.2) is 5.78 Å². The molecule has 6 heteroatoms. The van der Waals surface area contributed by atoms with Crippen LogP contribution in [0.1, 0.15) is 25.2 Å². The maximum absolute atomic E-state index is 13.3. The molecule has 0 heterocycles. The van der Waals surface area contributed by atoms with E-state index in [4.69, 9.17) is 9.05 Å². The fraction of sp³-hybridized carbons (Fsp3) is 0.294. The van der Waals surface area contributed by atoms with Crippen LogP contribution in [0, 0.1) is 3.57 Å². The quantitative estimate of drug-likeness (QED) is 0.421. The highest BCUT2D eigenvalue weighted by molar-refractivity contribution is 14.1. The van der Waals surface area contributed by atoms with Gasteiger partial charge in [0.05, 0.1) is 13.2 Å². The van der Waals surface area contributed by atoms with Crippen molar-refractivity contribution in [3.05, 3.63) is 63.7 Å². The summed E-state index contributed by atoms with van der Waals surface area (Å²) in [5.74, 6) is -0.552. The molecule has 0 aliphatic rings. The monoisotopic (exact) mass is 445 g/mol. The lowest BCUT2D eigenvalue weighted by Gasteiger charge is -2.28. The molecule has 0 radical (unpaired) electrons. The molecule has 0 aliphatic carbocycles. The van der Waals surface area contributed by atoms with Gasteiger partial charge in [0.1, 0.15) is 0 Å². The van der Waals surface area contributed by atoms with Crippen molar-refractivity contribution in [3.63, 3.8) is 0 Å². The number of anilines is 1. The third-order valence-electron chi connectivity index (χ3n) is 3.20. The third-order valence-corrected chi connectivity index (χ3v) is 6.21. The van der Waals surface area contributed by atoms with Crippen molar-refractivity contribution >= 4 is 35.9 Å². The molecule has 0 bridgehead atoms. The Labute approximate surface area is 151 Å². The topological polar surface area (TPSA) is 47.6 Å². The maximum Gasteiger partial charge on any atom is 0.357 e. The Bertz CT molecular complexity index is 639. The highest BCUT2D eigenvalue weighted by Crippen LogP contribution is 2.60. The van der Waals surface area contributed by atoms with Gasteiger partial charge in [-0.25, -0.2) is 0 Å². The first-order valence-electron chi connectivity index (χ1n) is 7.55. The highest BCUT2D eigenvalue weighted by Gasteiger charge is 2.36. The van der Waals surface area contributed by atoms with Crippen LogP contribution in [0.2, 0.25) is 0 Å². The number of hydrogen-bond donors (Lipinski definition) is 1. The van der Waals surface area contributed by atoms with E-state index in [9.17, 15) is 4.57 Å². The first kappa shape index (κ1) is 18.5. The second kappa shape index (κ2) is 8.83. The Morgan fingerprint density at radius 1 is 1.00 bits per heavy atom. The summed E-state index contributed by atoms with van der Waals surface area (Å²) in [5.41, 5.74) is 1.75. The molecule has 0 aromatic heterocycles. The zero-order valence-corrected chi connectivity index (χ0v) is 16.3. The minimum absolute atomic E-state index is 0.328. The van der Waals surface area contributed by atoms with E-state index in [1.807, 2.05) is 68.4 Å². The summed E-state index contributed by atoms with van der Waals surface area (Å²) >= 11 is 2.25. The molecule has 2 aromatic rings. The van der Waals surface area contributed by atoms with Gasteiger partial charge in [-0.05, 0) is 66.3 Å². The summed E-state index contributed by atoms with van der Waals surface area (Å²) in [7, 11) is -3.34. The van der Waals surface area contributed by atoms with Crippen molar-refractivity contribution in [2.75, 3.05) is 18.5 Å². The molecule has 2 rings (SSSR count). The fourth-order valence-corrected chi connectivity index (χ4v) is 4.53. The molecule has 0 aliphatic heterocycles. The van der Waals surface area contributed by atoms with Gasteiger partial charge in [-0.1, -0.05) is 30.3 Å². The van der Waals surface area contributed by atoms with Crippen LogP contribution < -0.4 is 5.32 Å². The van der Waals surface area contributed by atoms with Gasteiger partial charge < -0.3 is 14.4 Å². The second-order valence-corrected chi connectivity index (χ2v) is 8.20. The molecule has 0 saturated carbocycles. The molecule has 2 aromatic carbocycles. The zero-order chi connectivity index (χ0) is 16.7. The Morgan fingerprint density at radius 2 is 1.57 bits per heavy atom. The van der Waals surface area contributed by atoms with E-state index in [1.54, 1.807) is 0 Å². The van der Waals surface area contributed by atoms with E-state index in [0.29, 0.717) is 13.2 Å². The lowest BCUT2D eigenvalue weighted by Crippen LogP contribution is -2.15. The SMILES string of the molecule is CCOP(=O)(OCC)C(Nc1ccc(I)cc1)c1ccccc1. The van der Waals surface area contributed by atoms with Gasteiger partial charge in [-0.2, -0.15) is 0 Å². The summed E-state index contributed by atoms with van der Waals surface area (Å²) in [4.78, 5) is 0. The molecule has 124 valence electrons. The van der Waals surface area contributed by atoms with Crippen LogP contribution in [0.4, 0.5) is 5.69 Å². The van der Waals surface area contributed by atoms with Crippen LogP contribution in [-0.4, -0.2) is 13.2 Å². The maximum atomic E-state index is 13.3. The minimum Gasteiger partial charge on any atom is -0.368 e. The molecule has 1 atom stereocenters. The summed E-state index contributed by atoms with van der Waals surface area (Å²) in [6, 6.07) is 17.5. The van der Waals surface area contributed by atoms with E-state index in [0.717, 1.165) is 14.8 Å². The van der Waals surface area contributed by atoms with Crippen molar-refractivity contribution in [1.29, 1.82) is 0 Å². The normalized spacial score (nSPS) is 12.8. The first-order chi connectivity index (χ1) is 11.1. The highest BCUT2D eigenvalue weighted by atomic mass is 127. The van der Waals surface area contributed by atoms with Gasteiger partial charge in [0.2, 0.25) is 0 Å². The van der Waals surface area contributed by atoms with Crippen LogP contribution in [-0.2, 0) is 13.6 Å². The smallest absolute Gasteiger partial charge is 0.357 e. The van der Waals surface area contributed by atoms with Crippen LogP contribution in [0.5, 0.6) is 0 Å². The predicted octanol–water partition coefficient (Wildman–Crippen LogP) is 5.67. The molecular weight excluding hydrogens is 424 g/mol. The third kappa shape index (κ3) is 5.05. The van der Waals surface area contributed by atoms with Crippen molar-refractivity contribution in [2.24, 2.45) is 0 Å². The van der Waals surface area contributed by atoms with Crippen LogP contribution in [0.25, 0.3) is 0 Å². The lowest BCUT2D eigenvalue weighted by molar-refractivity contribution is 0.214. The van der Waals surface area contributed by atoms with Gasteiger partial charge in [-0.15, -0.1) is 0 Å². The molecule has 1 unspecified atom stereocenters. The summed E-state index contributed by atoms with van der Waals surface area (Å²) < 4.78 is 25.5. The second-order valence-electron chi connectivity index (χ2n) is 4.84. The molecule has 0 spiro atoms. The summed E-state index contributed by atoms with van der Waals surface area (Å²) in [6.07, 6.45) is 0. The lowest BCUT2D eigenvalue weighted by atomic mass is 10.2. The fourth-order valence-electron chi connectivity index (χ4n) is 2.23. The van der Waals surface area contributed by atoms with E-state index < -0.39 is 13.4 Å². The number of rotatable bonds is 8. The van der Waals surface area contributed by atoms with E-state index in [2.05, 4.69) is 27.9 Å². The molecule has 0 amide bonds. The van der Waals surface area contributed by atoms with Crippen LogP contribution >= 0.6 is 30.2 Å². The van der Waals surface area contributed by atoms with Crippen LogP contribution in [0.15, 0.2) is 54.6 Å². The van der Waals surface area contributed by atoms with Crippen molar-refractivity contribution < 1.29 is 13.6 Å². The molecule has 1 N–H and O–H groups in total. The standard InChI is InChI=1S/C17H21INO3P/c1-3-21-23(20,22-4-2)17(14-8-6-5-7-9-14)19-16-12-10-15(18)11-13-16/h5-13,17,19H,3-4H2,1-2H3. The first-order valence-corrected chi connectivity index (χ1v) is 10.2. The minimum atomic E-state index is -3.34. The molecular formula is C17H21INO3P. The summed E-state index contributed by atoms with van der Waals surface area (Å²) in [6.45, 7) is 4.29. The van der Waals surface area contributed by atoms with E-state index in [1.165, 1.54) is 0 Å². The largest absolute Gasteiger partial charge is 0.368 e. The van der Waals surface area contributed by atoms with Crippen molar-refractivity contribution in [1.82, 2.24) is 0 Å². The molecule has 0 saturated heterocycles. The van der Waals surface area contributed by atoms with Gasteiger partial charge in [0.25, 0.3) is 0 Å². The number of hydrogen-bond acceptors (Lipinski definition) is 4. The molecule has 0 fully saturated rings. The van der Waals surface area contributed by atoms with Gasteiger partial charge in [-0.3, -0.25) is 4.57 Å². The number of nitrogens with one attached hydrogen (secondary N) is 1. The average Bonchev–Trinajstić information content (AvgIpc) is 2.55. The predicted molar refractivity (Wildman–Crippen MR) is 103 cm³/mol. The van der Waals surface area contributed by atoms with Gasteiger partial charge >= 0.3 is 7.60 Å². The zero-order valence-electron chi connectivity index (χ0n) is 13.2. The number of halogens is 1. The Hall–Kier alpha value is -0.880. The van der Waals surface area contributed by atoms with Crippen LogP contribution in [0.3, 0.4) is 0 Å². The Kier molecular flexibility index (Phi) is 7.09. The molecule has 23 heavy (non-hydrogen) atoms. The van der Waals surface area contributed by atoms with E-state index >= 15 is 0 Å². The average molecular weight is 445 g/mol. The Balaban J connectivity index is 2.38. The summed E-state index contributed by atoms with van der Waals surface area (Å²) in [5, 5.41) is 3.32. The number of benzene rings is 2.